The third kappa shape index (κ3) is 8.73. The summed E-state index contributed by atoms with van der Waals surface area (Å²) in [6.07, 6.45) is 9.39. The van der Waals surface area contributed by atoms with Gasteiger partial charge in [0, 0.05) is 6.08 Å². The molecule has 2 heteroatoms. The molecule has 0 aromatic heterocycles. The van der Waals surface area contributed by atoms with Crippen molar-refractivity contribution in [2.75, 3.05) is 7.11 Å². The van der Waals surface area contributed by atoms with Gasteiger partial charge in [-0.05, 0) is 30.8 Å². The number of hydrogen-bond acceptors (Lipinski definition) is 2. The number of esters is 1. The van der Waals surface area contributed by atoms with Crippen molar-refractivity contribution in [2.24, 2.45) is 11.8 Å². The zero-order valence-electron chi connectivity index (χ0n) is 11.8. The van der Waals surface area contributed by atoms with Crippen molar-refractivity contribution in [3.05, 3.63) is 23.8 Å². The summed E-state index contributed by atoms with van der Waals surface area (Å²) < 4.78 is 4.57. The molecule has 0 amide bonds. The lowest BCUT2D eigenvalue weighted by atomic mass is 9.96. The van der Waals surface area contributed by atoms with Crippen LogP contribution in [0.25, 0.3) is 0 Å². The molecule has 0 aromatic rings. The van der Waals surface area contributed by atoms with Gasteiger partial charge < -0.3 is 4.74 Å². The molecule has 2 unspecified atom stereocenters. The maximum atomic E-state index is 11.0. The molecular formula is C15H26O2. The molecular weight excluding hydrogens is 212 g/mol. The summed E-state index contributed by atoms with van der Waals surface area (Å²) in [5, 5.41) is 0. The quantitative estimate of drug-likeness (QED) is 0.379. The highest BCUT2D eigenvalue weighted by atomic mass is 16.5. The van der Waals surface area contributed by atoms with Crippen molar-refractivity contribution in [2.45, 2.75) is 47.0 Å². The zero-order valence-corrected chi connectivity index (χ0v) is 11.8. The molecule has 0 aromatic carbocycles. The molecule has 0 aliphatic carbocycles. The summed E-state index contributed by atoms with van der Waals surface area (Å²) in [5.74, 6) is 1.07. The summed E-state index contributed by atoms with van der Waals surface area (Å²) in [6.45, 7) is 8.65. The van der Waals surface area contributed by atoms with E-state index in [1.807, 2.05) is 13.0 Å². The van der Waals surface area contributed by atoms with Gasteiger partial charge in [0.25, 0.3) is 0 Å². The molecule has 0 aliphatic rings. The molecule has 0 heterocycles. The molecule has 0 radical (unpaired) electrons. The number of carbonyl (C=O) groups excluding carboxylic acids is 1. The smallest absolute Gasteiger partial charge is 0.330 e. The Balaban J connectivity index is 4.06. The maximum absolute atomic E-state index is 11.0. The molecule has 2 atom stereocenters. The van der Waals surface area contributed by atoms with Crippen molar-refractivity contribution in [3.8, 4) is 0 Å². The molecule has 0 saturated heterocycles. The predicted octanol–water partition coefficient (Wildman–Crippen LogP) is 4.12. The van der Waals surface area contributed by atoms with E-state index >= 15 is 0 Å². The highest BCUT2D eigenvalue weighted by molar-refractivity contribution is 5.83. The summed E-state index contributed by atoms with van der Waals surface area (Å²) in [5.41, 5.74) is 0.937. The highest BCUT2D eigenvalue weighted by Gasteiger charge is 2.02. The van der Waals surface area contributed by atoms with E-state index in [1.165, 1.54) is 32.4 Å². The standard InChI is InChI=1S/C15H26O2/c1-6-12(2)7-8-13(3)9-10-14(4)11-15(16)17-5/h9-13H,6-8H2,1-5H3/b10-9+,14-11+. The Hall–Kier alpha value is -1.05. The summed E-state index contributed by atoms with van der Waals surface area (Å²) in [6, 6.07) is 0. The fourth-order valence-electron chi connectivity index (χ4n) is 1.46. The van der Waals surface area contributed by atoms with E-state index in [2.05, 4.69) is 31.6 Å². The van der Waals surface area contributed by atoms with Crippen LogP contribution < -0.4 is 0 Å². The van der Waals surface area contributed by atoms with Gasteiger partial charge in [-0.2, -0.15) is 0 Å². The van der Waals surface area contributed by atoms with Crippen molar-refractivity contribution >= 4 is 5.97 Å². The lowest BCUT2D eigenvalue weighted by molar-refractivity contribution is -0.134. The topological polar surface area (TPSA) is 26.3 Å². The second-order valence-electron chi connectivity index (χ2n) is 4.84. The van der Waals surface area contributed by atoms with Crippen LogP contribution in [0.3, 0.4) is 0 Å². The van der Waals surface area contributed by atoms with Gasteiger partial charge in [-0.3, -0.25) is 0 Å². The summed E-state index contributed by atoms with van der Waals surface area (Å²) in [7, 11) is 1.39. The van der Waals surface area contributed by atoms with Crippen LogP contribution in [0, 0.1) is 11.8 Å². The van der Waals surface area contributed by atoms with E-state index in [4.69, 9.17) is 0 Å². The lowest BCUT2D eigenvalue weighted by Gasteiger charge is -2.10. The normalized spacial score (nSPS) is 15.9. The van der Waals surface area contributed by atoms with Crippen molar-refractivity contribution in [3.63, 3.8) is 0 Å². The average molecular weight is 238 g/mol. The summed E-state index contributed by atoms with van der Waals surface area (Å²) >= 11 is 0. The van der Waals surface area contributed by atoms with E-state index in [0.29, 0.717) is 5.92 Å². The number of carbonyl (C=O) groups is 1. The van der Waals surface area contributed by atoms with E-state index in [-0.39, 0.29) is 5.97 Å². The first-order valence-electron chi connectivity index (χ1n) is 6.44. The van der Waals surface area contributed by atoms with Gasteiger partial charge in [0.05, 0.1) is 7.11 Å². The minimum absolute atomic E-state index is 0.292. The third-order valence-electron chi connectivity index (χ3n) is 3.05. The molecule has 98 valence electrons. The van der Waals surface area contributed by atoms with E-state index in [0.717, 1.165) is 11.5 Å². The molecule has 0 spiro atoms. The van der Waals surface area contributed by atoms with Gasteiger partial charge in [0.1, 0.15) is 0 Å². The molecule has 0 N–H and O–H groups in total. The second-order valence-corrected chi connectivity index (χ2v) is 4.84. The van der Waals surface area contributed by atoms with Gasteiger partial charge in [-0.1, -0.05) is 45.8 Å². The molecule has 2 nitrogen and oxygen atoms in total. The van der Waals surface area contributed by atoms with Crippen molar-refractivity contribution in [1.82, 2.24) is 0 Å². The third-order valence-corrected chi connectivity index (χ3v) is 3.05. The van der Waals surface area contributed by atoms with Crippen molar-refractivity contribution < 1.29 is 9.53 Å². The second kappa shape index (κ2) is 9.03. The Morgan fingerprint density at radius 1 is 1.29 bits per heavy atom. The molecule has 0 rings (SSSR count). The van der Waals surface area contributed by atoms with Crippen LogP contribution in [-0.4, -0.2) is 13.1 Å². The van der Waals surface area contributed by atoms with Gasteiger partial charge in [0.2, 0.25) is 0 Å². The molecule has 0 saturated carbocycles. The largest absolute Gasteiger partial charge is 0.466 e. The first kappa shape index (κ1) is 16.0. The number of hydrogen-bond donors (Lipinski definition) is 0. The van der Waals surface area contributed by atoms with E-state index in [9.17, 15) is 4.79 Å². The van der Waals surface area contributed by atoms with Crippen LogP contribution in [-0.2, 0) is 9.53 Å². The first-order chi connectivity index (χ1) is 7.99. The van der Waals surface area contributed by atoms with Crippen LogP contribution in [0.1, 0.15) is 47.0 Å². The van der Waals surface area contributed by atoms with Crippen LogP contribution in [0.5, 0.6) is 0 Å². The maximum Gasteiger partial charge on any atom is 0.330 e. The molecule has 0 aliphatic heterocycles. The Kier molecular flexibility index (Phi) is 8.47. The fraction of sp³-hybridized carbons (Fsp3) is 0.667. The monoisotopic (exact) mass is 238 g/mol. The SMILES string of the molecule is CCC(C)CCC(C)/C=C/C(C)=C/C(=O)OC. The number of ether oxygens (including phenoxy) is 1. The minimum atomic E-state index is -0.292. The average Bonchev–Trinajstić information content (AvgIpc) is 2.32. The van der Waals surface area contributed by atoms with E-state index in [1.54, 1.807) is 0 Å². The van der Waals surface area contributed by atoms with Crippen molar-refractivity contribution in [1.29, 1.82) is 0 Å². The number of rotatable bonds is 7. The zero-order chi connectivity index (χ0) is 13.3. The minimum Gasteiger partial charge on any atom is -0.466 e. The molecule has 17 heavy (non-hydrogen) atoms. The van der Waals surface area contributed by atoms with Crippen LogP contribution in [0.4, 0.5) is 0 Å². The van der Waals surface area contributed by atoms with Gasteiger partial charge in [-0.15, -0.1) is 0 Å². The highest BCUT2D eigenvalue weighted by Crippen LogP contribution is 2.16. The Morgan fingerprint density at radius 3 is 2.47 bits per heavy atom. The Bertz CT molecular complexity index is 277. The van der Waals surface area contributed by atoms with E-state index < -0.39 is 0 Å². The Morgan fingerprint density at radius 2 is 1.94 bits per heavy atom. The summed E-state index contributed by atoms with van der Waals surface area (Å²) in [4.78, 5) is 11.0. The number of methoxy groups -OCH3 is 1. The first-order valence-corrected chi connectivity index (χ1v) is 6.44. The molecule has 0 fully saturated rings. The fourth-order valence-corrected chi connectivity index (χ4v) is 1.46. The van der Waals surface area contributed by atoms with Crippen LogP contribution in [0.15, 0.2) is 23.8 Å². The van der Waals surface area contributed by atoms with Gasteiger partial charge in [0.15, 0.2) is 0 Å². The Labute approximate surface area is 106 Å². The lowest BCUT2D eigenvalue weighted by Crippen LogP contribution is -1.97. The van der Waals surface area contributed by atoms with Gasteiger partial charge >= 0.3 is 5.97 Å². The van der Waals surface area contributed by atoms with Crippen LogP contribution in [0.2, 0.25) is 0 Å². The number of allylic oxidation sites excluding steroid dienone is 3. The van der Waals surface area contributed by atoms with Crippen LogP contribution >= 0.6 is 0 Å². The van der Waals surface area contributed by atoms with Gasteiger partial charge in [-0.25, -0.2) is 4.79 Å². The molecule has 0 bridgehead atoms. The predicted molar refractivity (Wildman–Crippen MR) is 72.8 cm³/mol.